The van der Waals surface area contributed by atoms with Gasteiger partial charge in [0.15, 0.2) is 11.6 Å². The number of aryl methyl sites for hydroxylation is 1. The van der Waals surface area contributed by atoms with Gasteiger partial charge in [0, 0.05) is 54.8 Å². The molecule has 12 nitrogen and oxygen atoms in total. The molecule has 3 heterocycles. The van der Waals surface area contributed by atoms with E-state index >= 15 is 4.39 Å². The highest BCUT2D eigenvalue weighted by molar-refractivity contribution is 7.85. The summed E-state index contributed by atoms with van der Waals surface area (Å²) in [4.78, 5) is 30.5. The summed E-state index contributed by atoms with van der Waals surface area (Å²) in [5.41, 5.74) is 2.56. The van der Waals surface area contributed by atoms with Crippen molar-refractivity contribution in [3.05, 3.63) is 119 Å². The number of amides is 1. The Balaban J connectivity index is 0.000000807. The summed E-state index contributed by atoms with van der Waals surface area (Å²) in [5.74, 6) is -1.53. The summed E-state index contributed by atoms with van der Waals surface area (Å²) in [6.45, 7) is 1.62. The Morgan fingerprint density at radius 1 is 0.979 bits per heavy atom. The van der Waals surface area contributed by atoms with Gasteiger partial charge in [-0.3, -0.25) is 28.5 Å². The van der Waals surface area contributed by atoms with Gasteiger partial charge < -0.3 is 10.1 Å². The first kappa shape index (κ1) is 32.7. The average Bonchev–Trinajstić information content (AvgIpc) is 3.48. The van der Waals surface area contributed by atoms with Crippen LogP contribution in [0.3, 0.4) is 0 Å². The van der Waals surface area contributed by atoms with Crippen LogP contribution in [0.5, 0.6) is 11.5 Å². The van der Waals surface area contributed by atoms with Gasteiger partial charge in [0.1, 0.15) is 17.1 Å². The van der Waals surface area contributed by atoms with Gasteiger partial charge in [-0.05, 0) is 61.5 Å². The first-order chi connectivity index (χ1) is 22.2. The number of anilines is 1. The fourth-order valence-electron chi connectivity index (χ4n) is 4.83. The smallest absolute Gasteiger partial charge is 0.284 e. The highest BCUT2D eigenvalue weighted by Gasteiger charge is 2.23. The first-order valence-electron chi connectivity index (χ1n) is 13.8. The van der Waals surface area contributed by atoms with Crippen molar-refractivity contribution in [3.8, 4) is 28.3 Å². The van der Waals surface area contributed by atoms with Crippen LogP contribution in [0.1, 0.15) is 16.1 Å². The molecule has 0 unspecified atom stereocenters. The number of aromatic nitrogens is 5. The van der Waals surface area contributed by atoms with Crippen molar-refractivity contribution in [2.24, 2.45) is 14.1 Å². The number of benzene rings is 3. The zero-order valence-corrected chi connectivity index (χ0v) is 26.3. The van der Waals surface area contributed by atoms with Crippen molar-refractivity contribution < 1.29 is 31.3 Å². The predicted molar refractivity (Wildman–Crippen MR) is 172 cm³/mol. The minimum Gasteiger partial charge on any atom is -0.454 e. The van der Waals surface area contributed by atoms with Crippen LogP contribution in [-0.4, -0.2) is 49.3 Å². The number of ether oxygens (including phenoxy) is 1. The average molecular weight is 663 g/mol. The van der Waals surface area contributed by atoms with Crippen molar-refractivity contribution in [2.45, 2.75) is 6.92 Å². The number of carbonyl (C=O) groups excluding carboxylic acids is 1. The molecule has 47 heavy (non-hydrogen) atoms. The molecule has 15 heteroatoms. The van der Waals surface area contributed by atoms with Crippen LogP contribution in [0.15, 0.2) is 90.1 Å². The van der Waals surface area contributed by atoms with E-state index in [2.05, 4.69) is 15.4 Å². The van der Waals surface area contributed by atoms with Gasteiger partial charge in [-0.15, -0.1) is 0 Å². The molecule has 0 atom stereocenters. The van der Waals surface area contributed by atoms with Gasteiger partial charge in [0.2, 0.25) is 0 Å². The van der Waals surface area contributed by atoms with Crippen molar-refractivity contribution in [1.29, 1.82) is 0 Å². The quantitative estimate of drug-likeness (QED) is 0.229. The van der Waals surface area contributed by atoms with Crippen LogP contribution in [0, 0.1) is 18.6 Å². The predicted octanol–water partition coefficient (Wildman–Crippen LogP) is 5.26. The summed E-state index contributed by atoms with van der Waals surface area (Å²) < 4.78 is 65.1. The van der Waals surface area contributed by atoms with Gasteiger partial charge in [0.25, 0.3) is 21.6 Å². The van der Waals surface area contributed by atoms with Gasteiger partial charge in [0.05, 0.1) is 29.4 Å². The molecule has 0 saturated carbocycles. The standard InChI is InChI=1S/C31H24F2N6O3.CH4O3S/c1-18-29(31(41)39(38(18)3)23-9-6-21(32)7-10-23)30(40)36-22-8-11-27(25(33)14-22)42-28-13-20-17-35-37(2)26(20)15-24(28)19-5-4-12-34-16-19;1-5(2,3)4/h4-17H,1-3H3,(H,36,40);1H3,(H,2,3,4). The third-order valence-electron chi connectivity index (χ3n) is 7.08. The molecule has 3 aromatic heterocycles. The fraction of sp³-hybridized carbons (Fsp3) is 0.125. The normalized spacial score (nSPS) is 11.2. The van der Waals surface area contributed by atoms with Crippen molar-refractivity contribution in [2.75, 3.05) is 11.6 Å². The molecular weight excluding hydrogens is 634 g/mol. The molecule has 0 fully saturated rings. The topological polar surface area (TPSA) is 150 Å². The van der Waals surface area contributed by atoms with Crippen LogP contribution >= 0.6 is 0 Å². The maximum absolute atomic E-state index is 15.3. The fourth-order valence-corrected chi connectivity index (χ4v) is 4.83. The van der Waals surface area contributed by atoms with E-state index in [0.717, 1.165) is 22.5 Å². The van der Waals surface area contributed by atoms with Crippen molar-refractivity contribution >= 4 is 32.6 Å². The highest BCUT2D eigenvalue weighted by atomic mass is 32.2. The van der Waals surface area contributed by atoms with E-state index in [1.54, 1.807) is 49.4 Å². The van der Waals surface area contributed by atoms with Gasteiger partial charge in [-0.1, -0.05) is 6.07 Å². The molecule has 3 aromatic carbocycles. The molecule has 0 spiro atoms. The third kappa shape index (κ3) is 7.26. The van der Waals surface area contributed by atoms with Crippen LogP contribution < -0.4 is 15.6 Å². The van der Waals surface area contributed by atoms with E-state index in [-0.39, 0.29) is 17.0 Å². The molecule has 6 rings (SSSR count). The van der Waals surface area contributed by atoms with Crippen molar-refractivity contribution in [1.82, 2.24) is 24.1 Å². The number of halogens is 2. The summed E-state index contributed by atoms with van der Waals surface area (Å²) in [6, 6.07) is 16.7. The van der Waals surface area contributed by atoms with E-state index in [9.17, 15) is 22.4 Å². The van der Waals surface area contributed by atoms with E-state index in [1.807, 2.05) is 19.2 Å². The van der Waals surface area contributed by atoms with Crippen LogP contribution in [0.2, 0.25) is 0 Å². The van der Waals surface area contributed by atoms with E-state index in [0.29, 0.717) is 29.0 Å². The summed E-state index contributed by atoms with van der Waals surface area (Å²) in [5, 5.41) is 7.70. The maximum atomic E-state index is 15.3. The molecule has 0 saturated heterocycles. The Labute approximate surface area is 267 Å². The molecule has 0 aliphatic heterocycles. The van der Waals surface area contributed by atoms with Gasteiger partial charge >= 0.3 is 0 Å². The lowest BCUT2D eigenvalue weighted by Crippen LogP contribution is -2.25. The van der Waals surface area contributed by atoms with Crippen LogP contribution in [0.25, 0.3) is 27.7 Å². The Kier molecular flexibility index (Phi) is 9.03. The molecule has 242 valence electrons. The number of hydrogen-bond acceptors (Lipinski definition) is 7. The number of nitrogens with one attached hydrogen (secondary N) is 1. The van der Waals surface area contributed by atoms with E-state index in [1.165, 1.54) is 45.8 Å². The minimum atomic E-state index is -3.67. The van der Waals surface area contributed by atoms with Crippen molar-refractivity contribution in [3.63, 3.8) is 0 Å². The Morgan fingerprint density at radius 2 is 1.68 bits per heavy atom. The Hall–Kier alpha value is -5.67. The zero-order chi connectivity index (χ0) is 34.0. The molecule has 1 amide bonds. The Morgan fingerprint density at radius 3 is 2.32 bits per heavy atom. The van der Waals surface area contributed by atoms with Crippen LogP contribution in [-0.2, 0) is 24.2 Å². The second-order valence-electron chi connectivity index (χ2n) is 10.4. The highest BCUT2D eigenvalue weighted by Crippen LogP contribution is 2.37. The minimum absolute atomic E-state index is 0.0593. The van der Waals surface area contributed by atoms with Crippen LogP contribution in [0.4, 0.5) is 14.5 Å². The molecule has 6 aromatic rings. The Bertz CT molecular complexity index is 2270. The number of rotatable bonds is 6. The second-order valence-corrected chi connectivity index (χ2v) is 11.9. The summed E-state index contributed by atoms with van der Waals surface area (Å²) >= 11 is 0. The molecule has 0 bridgehead atoms. The molecule has 2 N–H and O–H groups in total. The van der Waals surface area contributed by atoms with Gasteiger partial charge in [-0.25, -0.2) is 13.5 Å². The zero-order valence-electron chi connectivity index (χ0n) is 25.5. The first-order valence-corrected chi connectivity index (χ1v) is 15.7. The lowest BCUT2D eigenvalue weighted by molar-refractivity contribution is 0.102. The molecule has 0 radical (unpaired) electrons. The van der Waals surface area contributed by atoms with E-state index < -0.39 is 33.2 Å². The lowest BCUT2D eigenvalue weighted by atomic mass is 10.0. The SMILES string of the molecule is CS(=O)(=O)O.Cc1c(C(=O)Nc2ccc(Oc3cc4cnn(C)c4cc3-c3cccnc3)c(F)c2)c(=O)n(-c2ccc(F)cc2)n1C. The molecular formula is C32H28F2N6O6S. The number of pyridine rings is 1. The number of nitrogens with zero attached hydrogens (tertiary/aromatic N) is 5. The lowest BCUT2D eigenvalue weighted by Gasteiger charge is -2.14. The maximum Gasteiger partial charge on any atom is 0.284 e. The molecule has 0 aliphatic rings. The van der Waals surface area contributed by atoms with Gasteiger partial charge in [-0.2, -0.15) is 13.5 Å². The number of fused-ring (bicyclic) bond motifs is 1. The largest absolute Gasteiger partial charge is 0.454 e. The third-order valence-corrected chi connectivity index (χ3v) is 7.08. The summed E-state index contributed by atoms with van der Waals surface area (Å²) in [6.07, 6.45) is 5.76. The monoisotopic (exact) mass is 662 g/mol. The summed E-state index contributed by atoms with van der Waals surface area (Å²) in [7, 11) is -0.219. The van der Waals surface area contributed by atoms with E-state index in [4.69, 9.17) is 9.29 Å². The number of carbonyl (C=O) groups is 1. The second kappa shape index (κ2) is 13.0. The number of hydrogen-bond donors (Lipinski definition) is 2. The molecule has 0 aliphatic carbocycles.